The van der Waals surface area contributed by atoms with E-state index in [1.54, 1.807) is 49.6 Å². The number of hydrogen-bond donors (Lipinski definition) is 1. The molecule has 0 saturated carbocycles. The highest BCUT2D eigenvalue weighted by Gasteiger charge is 2.47. The quantitative estimate of drug-likeness (QED) is 0.329. The van der Waals surface area contributed by atoms with Crippen molar-refractivity contribution >= 4 is 28.8 Å². The first-order chi connectivity index (χ1) is 17.4. The van der Waals surface area contributed by atoms with Gasteiger partial charge in [-0.15, -0.1) is 0 Å². The number of ketones is 1. The zero-order chi connectivity index (χ0) is 25.4. The van der Waals surface area contributed by atoms with Crippen LogP contribution in [0.2, 0.25) is 0 Å². The lowest BCUT2D eigenvalue weighted by molar-refractivity contribution is -0.132. The molecule has 8 nitrogen and oxygen atoms in total. The number of aliphatic hydroxyl groups is 1. The van der Waals surface area contributed by atoms with Gasteiger partial charge < -0.3 is 24.2 Å². The van der Waals surface area contributed by atoms with Crippen LogP contribution in [-0.4, -0.2) is 51.2 Å². The number of fused-ring (bicyclic) bond motifs is 1. The number of methoxy groups -OCH3 is 1. The number of anilines is 2. The molecule has 1 unspecified atom stereocenters. The number of aliphatic hydroxyl groups excluding tert-OH is 1. The van der Waals surface area contributed by atoms with Gasteiger partial charge in [0, 0.05) is 37.1 Å². The number of amides is 1. The van der Waals surface area contributed by atoms with Gasteiger partial charge in [0.1, 0.15) is 24.7 Å². The summed E-state index contributed by atoms with van der Waals surface area (Å²) in [5, 5.41) is 11.3. The summed E-state index contributed by atoms with van der Waals surface area (Å²) in [4.78, 5) is 30.1. The summed E-state index contributed by atoms with van der Waals surface area (Å²) in [5.41, 5.74) is 2.54. The molecule has 2 heterocycles. The molecule has 0 aliphatic carbocycles. The molecule has 2 aliphatic heterocycles. The van der Waals surface area contributed by atoms with Crippen molar-refractivity contribution in [1.29, 1.82) is 0 Å². The first kappa shape index (κ1) is 23.3. The van der Waals surface area contributed by atoms with Crippen molar-refractivity contribution in [1.82, 2.24) is 0 Å². The summed E-state index contributed by atoms with van der Waals surface area (Å²) in [6, 6.07) is 18.5. The zero-order valence-electron chi connectivity index (χ0n) is 20.2. The normalized spacial score (nSPS) is 18.3. The fourth-order valence-corrected chi connectivity index (χ4v) is 4.46. The summed E-state index contributed by atoms with van der Waals surface area (Å²) in [6.45, 7) is 0.832. The van der Waals surface area contributed by atoms with Crippen LogP contribution in [0.4, 0.5) is 11.4 Å². The van der Waals surface area contributed by atoms with E-state index in [9.17, 15) is 14.7 Å². The highest BCUT2D eigenvalue weighted by Crippen LogP contribution is 2.44. The highest BCUT2D eigenvalue weighted by molar-refractivity contribution is 6.51. The third kappa shape index (κ3) is 4.00. The van der Waals surface area contributed by atoms with E-state index in [1.165, 1.54) is 4.90 Å². The van der Waals surface area contributed by atoms with E-state index in [-0.39, 0.29) is 11.3 Å². The molecule has 1 fully saturated rings. The Balaban J connectivity index is 1.67. The second-order valence-corrected chi connectivity index (χ2v) is 8.71. The molecule has 2 aliphatic rings. The van der Waals surface area contributed by atoms with Crippen LogP contribution in [0.3, 0.4) is 0 Å². The predicted octanol–water partition coefficient (Wildman–Crippen LogP) is 4.16. The number of rotatable bonds is 5. The lowest BCUT2D eigenvalue weighted by Gasteiger charge is -2.27. The van der Waals surface area contributed by atoms with E-state index in [0.29, 0.717) is 47.3 Å². The predicted molar refractivity (Wildman–Crippen MR) is 136 cm³/mol. The Bertz CT molecular complexity index is 1350. The molecular formula is C28H26N2O6. The maximum Gasteiger partial charge on any atom is 0.300 e. The largest absolute Gasteiger partial charge is 0.507 e. The number of benzene rings is 3. The van der Waals surface area contributed by atoms with Crippen molar-refractivity contribution in [2.75, 3.05) is 44.2 Å². The molecule has 0 radical (unpaired) electrons. The second kappa shape index (κ2) is 9.30. The van der Waals surface area contributed by atoms with Gasteiger partial charge in [0.2, 0.25) is 0 Å². The van der Waals surface area contributed by atoms with Crippen LogP contribution in [0.15, 0.2) is 72.3 Å². The van der Waals surface area contributed by atoms with Crippen LogP contribution in [0.25, 0.3) is 5.76 Å². The Kier molecular flexibility index (Phi) is 6.01. The van der Waals surface area contributed by atoms with Crippen molar-refractivity contribution in [2.24, 2.45) is 0 Å². The highest BCUT2D eigenvalue weighted by atomic mass is 16.6. The smallest absolute Gasteiger partial charge is 0.300 e. The van der Waals surface area contributed by atoms with E-state index in [2.05, 4.69) is 0 Å². The molecule has 0 spiro atoms. The van der Waals surface area contributed by atoms with Gasteiger partial charge in [0.15, 0.2) is 11.5 Å². The van der Waals surface area contributed by atoms with E-state index >= 15 is 0 Å². The van der Waals surface area contributed by atoms with Gasteiger partial charge in [0.25, 0.3) is 11.7 Å². The molecule has 3 aromatic carbocycles. The Morgan fingerprint density at radius 3 is 2.25 bits per heavy atom. The van der Waals surface area contributed by atoms with Crippen molar-refractivity contribution in [3.05, 3.63) is 83.4 Å². The molecule has 3 aromatic rings. The maximum atomic E-state index is 13.4. The monoisotopic (exact) mass is 486 g/mol. The summed E-state index contributed by atoms with van der Waals surface area (Å²) in [5.74, 6) is -0.0654. The summed E-state index contributed by atoms with van der Waals surface area (Å²) >= 11 is 0. The van der Waals surface area contributed by atoms with Crippen molar-refractivity contribution in [3.8, 4) is 17.2 Å². The van der Waals surface area contributed by atoms with Gasteiger partial charge in [-0.2, -0.15) is 0 Å². The van der Waals surface area contributed by atoms with Crippen molar-refractivity contribution < 1.29 is 28.9 Å². The molecule has 8 heteroatoms. The molecule has 1 atom stereocenters. The van der Waals surface area contributed by atoms with Crippen molar-refractivity contribution in [3.63, 3.8) is 0 Å². The van der Waals surface area contributed by atoms with Gasteiger partial charge >= 0.3 is 0 Å². The minimum atomic E-state index is -0.842. The van der Waals surface area contributed by atoms with Gasteiger partial charge in [-0.3, -0.25) is 14.5 Å². The number of carbonyl (C=O) groups is 2. The number of Topliss-reactive ketones (excluding diaryl/α,β-unsaturated/α-hetero) is 1. The first-order valence-electron chi connectivity index (χ1n) is 11.5. The number of ether oxygens (including phenoxy) is 3. The summed E-state index contributed by atoms with van der Waals surface area (Å²) in [6.07, 6.45) is 0. The van der Waals surface area contributed by atoms with Gasteiger partial charge in [0.05, 0.1) is 18.7 Å². The summed E-state index contributed by atoms with van der Waals surface area (Å²) in [7, 11) is 5.41. The van der Waals surface area contributed by atoms with Gasteiger partial charge in [-0.05, 0) is 54.1 Å². The SMILES string of the molecule is COc1ccc(/C(O)=C2\C(=O)C(=O)N(c3ccc4c(c3)OCCO4)C2c2ccc(N(C)C)cc2)cc1. The minimum Gasteiger partial charge on any atom is -0.507 e. The van der Waals surface area contributed by atoms with Crippen LogP contribution in [0.1, 0.15) is 17.2 Å². The molecule has 0 aromatic heterocycles. The Morgan fingerprint density at radius 2 is 1.61 bits per heavy atom. The molecule has 1 amide bonds. The molecule has 184 valence electrons. The number of hydrogen-bond acceptors (Lipinski definition) is 7. The van der Waals surface area contributed by atoms with Gasteiger partial charge in [-0.25, -0.2) is 0 Å². The van der Waals surface area contributed by atoms with Crippen LogP contribution in [0, 0.1) is 0 Å². The first-order valence-corrected chi connectivity index (χ1v) is 11.5. The Hall–Kier alpha value is -4.46. The maximum absolute atomic E-state index is 13.4. The molecular weight excluding hydrogens is 460 g/mol. The van der Waals surface area contributed by atoms with Crippen LogP contribution < -0.4 is 24.0 Å². The van der Waals surface area contributed by atoms with E-state index in [4.69, 9.17) is 14.2 Å². The average Bonchev–Trinajstić information content (AvgIpc) is 3.18. The molecule has 1 saturated heterocycles. The van der Waals surface area contributed by atoms with E-state index < -0.39 is 17.7 Å². The van der Waals surface area contributed by atoms with Crippen molar-refractivity contribution in [2.45, 2.75) is 6.04 Å². The molecule has 0 bridgehead atoms. The fraction of sp³-hybridized carbons (Fsp3) is 0.214. The van der Waals surface area contributed by atoms with Crippen LogP contribution in [0.5, 0.6) is 17.2 Å². The second-order valence-electron chi connectivity index (χ2n) is 8.71. The zero-order valence-corrected chi connectivity index (χ0v) is 20.2. The van der Waals surface area contributed by atoms with E-state index in [1.807, 2.05) is 43.3 Å². The lowest BCUT2D eigenvalue weighted by Crippen LogP contribution is -2.29. The molecule has 1 N–H and O–H groups in total. The standard InChI is InChI=1S/C28H26N2O6/c1-29(2)19-8-4-17(5-9-19)25-24(26(31)18-6-11-21(34-3)12-7-18)27(32)28(33)30(25)20-10-13-22-23(16-20)36-15-14-35-22/h4-13,16,25,31H,14-15H2,1-3H3/b26-24+. The Morgan fingerprint density at radius 1 is 0.944 bits per heavy atom. The van der Waals surface area contributed by atoms with Crippen LogP contribution >= 0.6 is 0 Å². The van der Waals surface area contributed by atoms with Gasteiger partial charge in [-0.1, -0.05) is 12.1 Å². The minimum absolute atomic E-state index is 0.0117. The third-order valence-electron chi connectivity index (χ3n) is 6.34. The average molecular weight is 487 g/mol. The topological polar surface area (TPSA) is 88.5 Å². The number of carbonyl (C=O) groups excluding carboxylic acids is 2. The summed E-state index contributed by atoms with van der Waals surface area (Å²) < 4.78 is 16.5. The van der Waals surface area contributed by atoms with Crippen LogP contribution in [-0.2, 0) is 9.59 Å². The lowest BCUT2D eigenvalue weighted by atomic mass is 9.95. The van der Waals surface area contributed by atoms with E-state index in [0.717, 1.165) is 5.69 Å². The third-order valence-corrected chi connectivity index (χ3v) is 6.34. The molecule has 5 rings (SSSR count). The Labute approximate surface area is 208 Å². The fourth-order valence-electron chi connectivity index (χ4n) is 4.46. The molecule has 36 heavy (non-hydrogen) atoms. The number of nitrogens with zero attached hydrogens (tertiary/aromatic N) is 2.